The number of hydrogen-bond acceptors (Lipinski definition) is 6. The van der Waals surface area contributed by atoms with Crippen molar-refractivity contribution >= 4 is 16.6 Å². The predicted molar refractivity (Wildman–Crippen MR) is 131 cm³/mol. The van der Waals surface area contributed by atoms with E-state index in [1.165, 1.54) is 10.8 Å². The Morgan fingerprint density at radius 2 is 1.31 bits per heavy atom. The van der Waals surface area contributed by atoms with Crippen molar-refractivity contribution in [3.8, 4) is 0 Å². The highest BCUT2D eigenvalue weighted by molar-refractivity contribution is 6.74. The van der Waals surface area contributed by atoms with Gasteiger partial charge in [-0.05, 0) is 43.2 Å². The van der Waals surface area contributed by atoms with Crippen LogP contribution in [-0.4, -0.2) is 51.6 Å². The minimum atomic E-state index is -2.00. The minimum Gasteiger partial charge on any atom is -0.414 e. The van der Waals surface area contributed by atoms with Crippen LogP contribution < -0.4 is 11.2 Å². The van der Waals surface area contributed by atoms with Crippen LogP contribution in [-0.2, 0) is 18.3 Å². The molecule has 1 saturated heterocycles. The molecule has 1 fully saturated rings. The maximum atomic E-state index is 12.4. The Morgan fingerprint density at radius 3 is 1.69 bits per heavy atom. The Labute approximate surface area is 193 Å². The Bertz CT molecular complexity index is 873. The van der Waals surface area contributed by atoms with Crippen molar-refractivity contribution < 1.29 is 18.3 Å². The smallest absolute Gasteiger partial charge is 0.332 e. The van der Waals surface area contributed by atoms with E-state index in [-0.39, 0.29) is 10.1 Å². The van der Waals surface area contributed by atoms with Crippen LogP contribution in [0.4, 0.5) is 0 Å². The summed E-state index contributed by atoms with van der Waals surface area (Å²) in [4.78, 5) is 26.5. The number of rotatable bonds is 7. The fraction of sp³-hybridized carbons (Fsp3) is 0.818. The minimum absolute atomic E-state index is 0.0615. The lowest BCUT2D eigenvalue weighted by atomic mass is 10.2. The van der Waals surface area contributed by atoms with Crippen molar-refractivity contribution in [2.75, 3.05) is 13.2 Å². The molecule has 0 aliphatic carbocycles. The molecule has 184 valence electrons. The zero-order valence-corrected chi connectivity index (χ0v) is 23.6. The van der Waals surface area contributed by atoms with Crippen molar-refractivity contribution in [2.45, 2.75) is 103 Å². The zero-order valence-electron chi connectivity index (χ0n) is 21.6. The summed E-state index contributed by atoms with van der Waals surface area (Å²) in [5.74, 6) is 0. The van der Waals surface area contributed by atoms with Gasteiger partial charge in [0.15, 0.2) is 16.6 Å². The number of nitrogens with one attached hydrogen (secondary N) is 1. The number of nitrogens with zero attached hydrogens (tertiary/aromatic N) is 1. The van der Waals surface area contributed by atoms with Gasteiger partial charge in [-0.25, -0.2) is 9.36 Å². The van der Waals surface area contributed by atoms with Crippen LogP contribution in [0, 0.1) is 6.92 Å². The van der Waals surface area contributed by atoms with Crippen LogP contribution in [0.25, 0.3) is 0 Å². The molecule has 0 amide bonds. The van der Waals surface area contributed by atoms with Gasteiger partial charge >= 0.3 is 5.69 Å². The second-order valence-electron chi connectivity index (χ2n) is 11.8. The number of aromatic amines is 1. The van der Waals surface area contributed by atoms with E-state index in [1.807, 2.05) is 0 Å². The molecule has 0 unspecified atom stereocenters. The number of ether oxygens (including phenoxy) is 2. The van der Waals surface area contributed by atoms with E-state index in [9.17, 15) is 9.59 Å². The summed E-state index contributed by atoms with van der Waals surface area (Å²) in [5, 5.41) is 0.123. The highest BCUT2D eigenvalue weighted by atomic mass is 28.4. The summed E-state index contributed by atoms with van der Waals surface area (Å²) in [7, 11) is -4.01. The average Bonchev–Trinajstić information content (AvgIpc) is 3.02. The van der Waals surface area contributed by atoms with E-state index in [0.717, 1.165) is 0 Å². The van der Waals surface area contributed by atoms with Crippen LogP contribution >= 0.6 is 0 Å². The molecule has 1 aliphatic heterocycles. The third-order valence-electron chi connectivity index (χ3n) is 7.20. The van der Waals surface area contributed by atoms with Crippen molar-refractivity contribution in [2.24, 2.45) is 0 Å². The summed E-state index contributed by atoms with van der Waals surface area (Å²) in [6, 6.07) is 0. The lowest BCUT2D eigenvalue weighted by Crippen LogP contribution is -2.46. The van der Waals surface area contributed by atoms with Gasteiger partial charge in [0.25, 0.3) is 5.56 Å². The SMILES string of the molecule is Cc1cn(C2O[C@H](CO[Si](C)(C)C(C)(C)C)[C@@H](CO[Si](C)(C)C(C)(C)C)O2)c(=O)[nH]c1=O. The van der Waals surface area contributed by atoms with Gasteiger partial charge in [0, 0.05) is 11.8 Å². The monoisotopic (exact) mass is 486 g/mol. The summed E-state index contributed by atoms with van der Waals surface area (Å²) in [6.45, 7) is 24.3. The van der Waals surface area contributed by atoms with E-state index in [4.69, 9.17) is 18.3 Å². The van der Waals surface area contributed by atoms with Crippen LogP contribution in [0.15, 0.2) is 15.8 Å². The molecular weight excluding hydrogens is 444 g/mol. The predicted octanol–water partition coefficient (Wildman–Crippen LogP) is 4.13. The molecular formula is C22H42N2O6Si2. The molecule has 10 heteroatoms. The van der Waals surface area contributed by atoms with Crippen LogP contribution in [0.1, 0.15) is 53.5 Å². The lowest BCUT2D eigenvalue weighted by molar-refractivity contribution is -0.130. The van der Waals surface area contributed by atoms with E-state index < -0.39 is 46.5 Å². The molecule has 2 atom stereocenters. The number of H-pyrrole nitrogens is 1. The van der Waals surface area contributed by atoms with E-state index in [1.54, 1.807) is 6.92 Å². The molecule has 0 spiro atoms. The molecule has 0 saturated carbocycles. The molecule has 1 N–H and O–H groups in total. The number of aryl methyl sites for hydroxylation is 1. The summed E-state index contributed by atoms with van der Waals surface area (Å²) >= 11 is 0. The van der Waals surface area contributed by atoms with Gasteiger partial charge in [-0.3, -0.25) is 9.78 Å². The second-order valence-corrected chi connectivity index (χ2v) is 21.4. The van der Waals surface area contributed by atoms with Crippen LogP contribution in [0.5, 0.6) is 0 Å². The van der Waals surface area contributed by atoms with E-state index >= 15 is 0 Å². The van der Waals surface area contributed by atoms with E-state index in [2.05, 4.69) is 72.7 Å². The number of hydrogen-bond donors (Lipinski definition) is 1. The Kier molecular flexibility index (Phi) is 7.91. The van der Waals surface area contributed by atoms with Crippen molar-refractivity contribution in [1.29, 1.82) is 0 Å². The standard InChI is InChI=1S/C22H42N2O6Si2/c1-15-12-24(19(26)23-18(15)25)20-29-16(13-27-31(8,9)21(2,3)4)17(30-20)14-28-32(10,11)22(5,6)7/h12,16-17,20H,13-14H2,1-11H3,(H,23,25,26)/t16-,17-/m1/s1. The van der Waals surface area contributed by atoms with E-state index in [0.29, 0.717) is 18.8 Å². The van der Waals surface area contributed by atoms with Crippen molar-refractivity contribution in [3.05, 3.63) is 32.6 Å². The first-order valence-electron chi connectivity index (χ1n) is 11.3. The lowest BCUT2D eigenvalue weighted by Gasteiger charge is -2.38. The van der Waals surface area contributed by atoms with Gasteiger partial charge in [-0.1, -0.05) is 41.5 Å². The molecule has 2 rings (SSSR count). The molecule has 32 heavy (non-hydrogen) atoms. The summed E-state index contributed by atoms with van der Waals surface area (Å²) in [5.41, 5.74) is -0.577. The topological polar surface area (TPSA) is 91.8 Å². The first-order chi connectivity index (χ1) is 14.4. The highest BCUT2D eigenvalue weighted by Gasteiger charge is 2.44. The largest absolute Gasteiger partial charge is 0.414 e. The fourth-order valence-electron chi connectivity index (χ4n) is 2.69. The molecule has 1 aromatic heterocycles. The maximum absolute atomic E-state index is 12.4. The zero-order chi connectivity index (χ0) is 24.7. The Hall–Kier alpha value is -1.05. The molecule has 0 radical (unpaired) electrons. The quantitative estimate of drug-likeness (QED) is 0.583. The summed E-state index contributed by atoms with van der Waals surface area (Å²) in [6.07, 6.45) is -0.260. The molecule has 8 nitrogen and oxygen atoms in total. The number of aromatic nitrogens is 2. The van der Waals surface area contributed by atoms with Gasteiger partial charge in [-0.15, -0.1) is 0 Å². The van der Waals surface area contributed by atoms with Gasteiger partial charge in [-0.2, -0.15) is 0 Å². The molecule has 1 aliphatic rings. The molecule has 1 aromatic rings. The summed E-state index contributed by atoms with van der Waals surface area (Å²) < 4.78 is 26.4. The normalized spacial score (nSPS) is 21.3. The van der Waals surface area contributed by atoms with Gasteiger partial charge in [0.05, 0.1) is 13.2 Å². The van der Waals surface area contributed by atoms with Crippen molar-refractivity contribution in [3.63, 3.8) is 0 Å². The Balaban J connectivity index is 2.26. The molecule has 0 bridgehead atoms. The highest BCUT2D eigenvalue weighted by Crippen LogP contribution is 2.39. The van der Waals surface area contributed by atoms with Gasteiger partial charge in [0.2, 0.25) is 6.41 Å². The third kappa shape index (κ3) is 6.09. The Morgan fingerprint density at radius 1 is 0.906 bits per heavy atom. The van der Waals surface area contributed by atoms with Crippen LogP contribution in [0.3, 0.4) is 0 Å². The van der Waals surface area contributed by atoms with Crippen molar-refractivity contribution in [1.82, 2.24) is 9.55 Å². The first kappa shape index (κ1) is 27.2. The molecule has 0 aromatic carbocycles. The van der Waals surface area contributed by atoms with Crippen LogP contribution in [0.2, 0.25) is 36.3 Å². The maximum Gasteiger partial charge on any atom is 0.332 e. The van der Waals surface area contributed by atoms with Gasteiger partial charge < -0.3 is 18.3 Å². The molecule has 2 heterocycles. The fourth-order valence-corrected chi connectivity index (χ4v) is 4.72. The third-order valence-corrected chi connectivity index (χ3v) is 16.2. The van der Waals surface area contributed by atoms with Gasteiger partial charge in [0.1, 0.15) is 12.2 Å². The first-order valence-corrected chi connectivity index (χ1v) is 17.1. The average molecular weight is 487 g/mol. The second kappa shape index (κ2) is 9.30.